The lowest BCUT2D eigenvalue weighted by Crippen LogP contribution is -2.38. The fourth-order valence-corrected chi connectivity index (χ4v) is 2.30. The van der Waals surface area contributed by atoms with Crippen LogP contribution in [0.5, 0.6) is 0 Å². The average Bonchev–Trinajstić information content (AvgIpc) is 2.50. The smallest absolute Gasteiger partial charge is 0.328 e. The molecule has 5 heteroatoms. The van der Waals surface area contributed by atoms with Crippen LogP contribution >= 0.6 is 0 Å². The number of ether oxygens (including phenoxy) is 1. The lowest BCUT2D eigenvalue weighted by Gasteiger charge is -2.28. The molecule has 5 nitrogen and oxygen atoms in total. The van der Waals surface area contributed by atoms with Crippen molar-refractivity contribution in [1.82, 2.24) is 10.2 Å². The maximum absolute atomic E-state index is 12.4. The molecule has 1 N–H and O–H groups in total. The second-order valence-corrected chi connectivity index (χ2v) is 5.36. The second-order valence-electron chi connectivity index (χ2n) is 5.36. The minimum atomic E-state index is -0.483. The van der Waals surface area contributed by atoms with Gasteiger partial charge in [-0.05, 0) is 32.5 Å². The van der Waals surface area contributed by atoms with E-state index in [2.05, 4.69) is 5.32 Å². The van der Waals surface area contributed by atoms with Crippen LogP contribution in [0.3, 0.4) is 0 Å². The van der Waals surface area contributed by atoms with Gasteiger partial charge in [0.25, 0.3) is 5.91 Å². The summed E-state index contributed by atoms with van der Waals surface area (Å²) >= 11 is 0. The predicted octanol–water partition coefficient (Wildman–Crippen LogP) is 2.14. The Kier molecular flexibility index (Phi) is 7.60. The van der Waals surface area contributed by atoms with Crippen molar-refractivity contribution in [2.45, 2.75) is 39.8 Å². The Morgan fingerprint density at radius 2 is 1.73 bits per heavy atom. The van der Waals surface area contributed by atoms with Crippen molar-refractivity contribution in [1.29, 1.82) is 0 Å². The highest BCUT2D eigenvalue weighted by molar-refractivity contribution is 5.83. The Balaban J connectivity index is 2.79. The molecule has 0 saturated carbocycles. The molecule has 0 fully saturated rings. The van der Waals surface area contributed by atoms with Crippen LogP contribution in [-0.2, 0) is 14.3 Å². The van der Waals surface area contributed by atoms with Gasteiger partial charge in [0.2, 0.25) is 0 Å². The molecule has 0 spiro atoms. The topological polar surface area (TPSA) is 58.6 Å². The fourth-order valence-electron chi connectivity index (χ4n) is 2.30. The van der Waals surface area contributed by atoms with Crippen LogP contribution in [0.15, 0.2) is 30.3 Å². The third-order valence-electron chi connectivity index (χ3n) is 3.31. The number of amides is 1. The molecule has 1 atom stereocenters. The first-order valence-corrected chi connectivity index (χ1v) is 7.74. The van der Waals surface area contributed by atoms with Crippen molar-refractivity contribution in [2.75, 3.05) is 19.7 Å². The highest BCUT2D eigenvalue weighted by Crippen LogP contribution is 2.21. The lowest BCUT2D eigenvalue weighted by molar-refractivity contribution is -0.154. The number of carbonyl (C=O) groups excluding carboxylic acids is 2. The minimum absolute atomic E-state index is 0.0268. The summed E-state index contributed by atoms with van der Waals surface area (Å²) in [5.41, 5.74) is 0.875. The van der Waals surface area contributed by atoms with Gasteiger partial charge in [-0.1, -0.05) is 44.2 Å². The summed E-state index contributed by atoms with van der Waals surface area (Å²) in [6.45, 7) is 8.93. The number of nitrogens with zero attached hydrogens (tertiary/aromatic N) is 1. The number of benzene rings is 1. The standard InChI is InChI=1S/C17H26N2O3/c1-5-19(6-2)16(14-10-8-7-9-11-14)17(21)22-12-15(20)18-13(3)4/h7-11,13,16H,5-6,12H2,1-4H3,(H,18,20). The quantitative estimate of drug-likeness (QED) is 0.748. The van der Waals surface area contributed by atoms with Crippen molar-refractivity contribution >= 4 is 11.9 Å². The highest BCUT2D eigenvalue weighted by atomic mass is 16.5. The molecule has 0 radical (unpaired) electrons. The number of rotatable bonds is 8. The molecule has 0 heterocycles. The third-order valence-corrected chi connectivity index (χ3v) is 3.31. The van der Waals surface area contributed by atoms with E-state index in [4.69, 9.17) is 4.74 Å². The van der Waals surface area contributed by atoms with Crippen molar-refractivity contribution in [3.8, 4) is 0 Å². The predicted molar refractivity (Wildman–Crippen MR) is 86.3 cm³/mol. The number of hydrogen-bond acceptors (Lipinski definition) is 4. The first-order valence-electron chi connectivity index (χ1n) is 7.74. The zero-order chi connectivity index (χ0) is 16.5. The van der Waals surface area contributed by atoms with E-state index in [0.29, 0.717) is 0 Å². The van der Waals surface area contributed by atoms with Gasteiger partial charge >= 0.3 is 5.97 Å². The van der Waals surface area contributed by atoms with Crippen molar-refractivity contribution in [2.24, 2.45) is 0 Å². The molecule has 0 aliphatic heterocycles. The van der Waals surface area contributed by atoms with E-state index < -0.39 is 12.0 Å². The van der Waals surface area contributed by atoms with E-state index in [-0.39, 0.29) is 18.6 Å². The Bertz CT molecular complexity index is 470. The molecule has 1 amide bonds. The zero-order valence-electron chi connectivity index (χ0n) is 13.8. The molecule has 0 bridgehead atoms. The van der Waals surface area contributed by atoms with Crippen LogP contribution < -0.4 is 5.32 Å². The molecule has 1 rings (SSSR count). The summed E-state index contributed by atoms with van der Waals surface area (Å²) in [5, 5.41) is 2.70. The van der Waals surface area contributed by atoms with Crippen molar-refractivity contribution < 1.29 is 14.3 Å². The largest absolute Gasteiger partial charge is 0.454 e. The van der Waals surface area contributed by atoms with Gasteiger partial charge in [0.05, 0.1) is 0 Å². The normalized spacial score (nSPS) is 12.3. The molecule has 0 saturated heterocycles. The van der Waals surface area contributed by atoms with Gasteiger partial charge in [-0.15, -0.1) is 0 Å². The maximum Gasteiger partial charge on any atom is 0.328 e. The summed E-state index contributed by atoms with van der Waals surface area (Å²) in [7, 11) is 0. The molecule has 1 aromatic rings. The van der Waals surface area contributed by atoms with Crippen LogP contribution in [0.1, 0.15) is 39.3 Å². The minimum Gasteiger partial charge on any atom is -0.454 e. The van der Waals surface area contributed by atoms with E-state index in [1.807, 2.05) is 62.9 Å². The molecule has 1 aromatic carbocycles. The van der Waals surface area contributed by atoms with Gasteiger partial charge in [-0.25, -0.2) is 4.79 Å². The summed E-state index contributed by atoms with van der Waals surface area (Å²) in [6, 6.07) is 9.04. The monoisotopic (exact) mass is 306 g/mol. The summed E-state index contributed by atoms with van der Waals surface area (Å²) in [5.74, 6) is -0.677. The molecule has 122 valence electrons. The number of likely N-dealkylation sites (N-methyl/N-ethyl adjacent to an activating group) is 1. The van der Waals surface area contributed by atoms with Crippen LogP contribution in [-0.4, -0.2) is 42.5 Å². The fraction of sp³-hybridized carbons (Fsp3) is 0.529. The summed E-state index contributed by atoms with van der Waals surface area (Å²) in [4.78, 5) is 26.1. The van der Waals surface area contributed by atoms with Crippen LogP contribution in [0, 0.1) is 0 Å². The highest BCUT2D eigenvalue weighted by Gasteiger charge is 2.27. The number of nitrogens with one attached hydrogen (secondary N) is 1. The van der Waals surface area contributed by atoms with E-state index in [1.165, 1.54) is 0 Å². The molecule has 1 unspecified atom stereocenters. The Morgan fingerprint density at radius 3 is 2.23 bits per heavy atom. The van der Waals surface area contributed by atoms with E-state index in [9.17, 15) is 9.59 Å². The van der Waals surface area contributed by atoms with E-state index >= 15 is 0 Å². The average molecular weight is 306 g/mol. The van der Waals surface area contributed by atoms with Gasteiger partial charge < -0.3 is 10.1 Å². The first kappa shape index (κ1) is 18.2. The Morgan fingerprint density at radius 1 is 1.14 bits per heavy atom. The van der Waals surface area contributed by atoms with E-state index in [1.54, 1.807) is 0 Å². The van der Waals surface area contributed by atoms with Gasteiger partial charge in [0.15, 0.2) is 6.61 Å². The van der Waals surface area contributed by atoms with Crippen molar-refractivity contribution in [3.05, 3.63) is 35.9 Å². The van der Waals surface area contributed by atoms with Gasteiger partial charge in [-0.3, -0.25) is 9.69 Å². The van der Waals surface area contributed by atoms with Gasteiger partial charge in [0.1, 0.15) is 6.04 Å². The molecule has 0 aliphatic carbocycles. The summed E-state index contributed by atoms with van der Waals surface area (Å²) in [6.07, 6.45) is 0. The number of hydrogen-bond donors (Lipinski definition) is 1. The van der Waals surface area contributed by atoms with E-state index in [0.717, 1.165) is 18.7 Å². The SMILES string of the molecule is CCN(CC)C(C(=O)OCC(=O)NC(C)C)c1ccccc1. The molecule has 0 aromatic heterocycles. The number of esters is 1. The van der Waals surface area contributed by atoms with Crippen molar-refractivity contribution in [3.63, 3.8) is 0 Å². The first-order chi connectivity index (χ1) is 10.5. The lowest BCUT2D eigenvalue weighted by atomic mass is 10.1. The molecular formula is C17H26N2O3. The Hall–Kier alpha value is -1.88. The van der Waals surface area contributed by atoms with Crippen LogP contribution in [0.4, 0.5) is 0 Å². The summed E-state index contributed by atoms with van der Waals surface area (Å²) < 4.78 is 5.21. The Labute approximate surface area is 132 Å². The van der Waals surface area contributed by atoms with Crippen LogP contribution in [0.25, 0.3) is 0 Å². The van der Waals surface area contributed by atoms with Gasteiger partial charge in [0, 0.05) is 6.04 Å². The molecule has 0 aliphatic rings. The zero-order valence-corrected chi connectivity index (χ0v) is 13.8. The number of carbonyl (C=O) groups is 2. The second kappa shape index (κ2) is 9.20. The van der Waals surface area contributed by atoms with Gasteiger partial charge in [-0.2, -0.15) is 0 Å². The maximum atomic E-state index is 12.4. The van der Waals surface area contributed by atoms with Crippen LogP contribution in [0.2, 0.25) is 0 Å². The third kappa shape index (κ3) is 5.48. The molecular weight excluding hydrogens is 280 g/mol. The molecule has 22 heavy (non-hydrogen) atoms.